The summed E-state index contributed by atoms with van der Waals surface area (Å²) in [5.74, 6) is 1.21. The predicted molar refractivity (Wildman–Crippen MR) is 72.2 cm³/mol. The lowest BCUT2D eigenvalue weighted by molar-refractivity contribution is -0.123. The van der Waals surface area contributed by atoms with Crippen molar-refractivity contribution in [3.05, 3.63) is 52.2 Å². The van der Waals surface area contributed by atoms with Gasteiger partial charge in [-0.3, -0.25) is 4.79 Å². The van der Waals surface area contributed by atoms with Gasteiger partial charge in [0.1, 0.15) is 11.5 Å². The van der Waals surface area contributed by atoms with Crippen molar-refractivity contribution in [2.24, 2.45) is 5.92 Å². The van der Waals surface area contributed by atoms with Crippen molar-refractivity contribution in [2.75, 3.05) is 6.61 Å². The lowest BCUT2D eigenvalue weighted by Crippen LogP contribution is -2.29. The number of para-hydroxylation sites is 1. The number of carbonyl (C=O) groups excluding carboxylic acids is 1. The van der Waals surface area contributed by atoms with E-state index in [9.17, 15) is 4.79 Å². The molecule has 0 N–H and O–H groups in total. The molecule has 3 rings (SSSR count). The maximum absolute atomic E-state index is 12.2. The molecule has 18 heavy (non-hydrogen) atoms. The molecule has 2 aromatic rings. The highest BCUT2D eigenvalue weighted by molar-refractivity contribution is 7.08. The van der Waals surface area contributed by atoms with E-state index in [1.54, 1.807) is 11.3 Å². The average Bonchev–Trinajstić information content (AvgIpc) is 2.91. The van der Waals surface area contributed by atoms with Gasteiger partial charge >= 0.3 is 0 Å². The molecular weight excluding hydrogens is 244 g/mol. The third-order valence-electron chi connectivity index (χ3n) is 3.29. The van der Waals surface area contributed by atoms with E-state index in [0.29, 0.717) is 13.0 Å². The Morgan fingerprint density at radius 2 is 2.22 bits per heavy atom. The standard InChI is InChI=1S/C15H14O2S/c16-14(7-11-5-6-18-10-11)13-8-12-3-1-2-4-15(12)17-9-13/h1-6,10,13H,7-9H2. The molecular formula is C15H14O2S. The summed E-state index contributed by atoms with van der Waals surface area (Å²) in [5, 5.41) is 4.05. The van der Waals surface area contributed by atoms with Crippen molar-refractivity contribution in [1.82, 2.24) is 0 Å². The smallest absolute Gasteiger partial charge is 0.144 e. The molecule has 1 atom stereocenters. The fourth-order valence-electron chi connectivity index (χ4n) is 2.27. The first-order valence-electron chi connectivity index (χ1n) is 6.07. The summed E-state index contributed by atoms with van der Waals surface area (Å²) in [6.07, 6.45) is 1.33. The van der Waals surface area contributed by atoms with Gasteiger partial charge in [-0.15, -0.1) is 0 Å². The van der Waals surface area contributed by atoms with Gasteiger partial charge in [0.05, 0.1) is 12.5 Å². The Morgan fingerprint density at radius 1 is 1.33 bits per heavy atom. The van der Waals surface area contributed by atoms with Crippen LogP contribution in [0.15, 0.2) is 41.1 Å². The minimum Gasteiger partial charge on any atom is -0.493 e. The van der Waals surface area contributed by atoms with E-state index in [1.807, 2.05) is 41.1 Å². The molecule has 0 spiro atoms. The fraction of sp³-hybridized carbons (Fsp3) is 0.267. The first-order valence-corrected chi connectivity index (χ1v) is 7.02. The number of ketones is 1. The molecule has 1 aromatic heterocycles. The van der Waals surface area contributed by atoms with Crippen molar-refractivity contribution < 1.29 is 9.53 Å². The molecule has 1 aliphatic rings. The van der Waals surface area contributed by atoms with E-state index in [-0.39, 0.29) is 11.7 Å². The third-order valence-corrected chi connectivity index (χ3v) is 4.02. The van der Waals surface area contributed by atoms with E-state index in [0.717, 1.165) is 23.3 Å². The van der Waals surface area contributed by atoms with Crippen LogP contribution in [0.25, 0.3) is 0 Å². The summed E-state index contributed by atoms with van der Waals surface area (Å²) in [4.78, 5) is 12.2. The molecule has 1 unspecified atom stereocenters. The number of hydrogen-bond donors (Lipinski definition) is 0. The quantitative estimate of drug-likeness (QED) is 0.845. The van der Waals surface area contributed by atoms with Gasteiger partial charge in [0.25, 0.3) is 0 Å². The highest BCUT2D eigenvalue weighted by atomic mass is 32.1. The van der Waals surface area contributed by atoms with Gasteiger partial charge in [-0.05, 0) is 40.4 Å². The Kier molecular flexibility index (Phi) is 3.15. The number of rotatable bonds is 3. The van der Waals surface area contributed by atoms with Crippen LogP contribution in [0.2, 0.25) is 0 Å². The van der Waals surface area contributed by atoms with Crippen molar-refractivity contribution in [2.45, 2.75) is 12.8 Å². The number of benzene rings is 1. The van der Waals surface area contributed by atoms with Crippen LogP contribution in [0.5, 0.6) is 5.75 Å². The molecule has 1 aromatic carbocycles. The monoisotopic (exact) mass is 258 g/mol. The maximum atomic E-state index is 12.2. The Hall–Kier alpha value is -1.61. The molecule has 0 fully saturated rings. The molecule has 0 bridgehead atoms. The van der Waals surface area contributed by atoms with Crippen LogP contribution in [0.4, 0.5) is 0 Å². The average molecular weight is 258 g/mol. The third kappa shape index (κ3) is 2.31. The normalized spacial score (nSPS) is 17.9. The number of hydrogen-bond acceptors (Lipinski definition) is 3. The SMILES string of the molecule is O=C(Cc1ccsc1)C1COc2ccccc2C1. The van der Waals surface area contributed by atoms with Crippen molar-refractivity contribution in [3.8, 4) is 5.75 Å². The van der Waals surface area contributed by atoms with Crippen LogP contribution in [-0.4, -0.2) is 12.4 Å². The minimum atomic E-state index is -0.000185. The largest absolute Gasteiger partial charge is 0.493 e. The second-order valence-electron chi connectivity index (χ2n) is 4.59. The van der Waals surface area contributed by atoms with Crippen molar-refractivity contribution >= 4 is 17.1 Å². The van der Waals surface area contributed by atoms with Crippen LogP contribution in [-0.2, 0) is 17.6 Å². The molecule has 0 amide bonds. The molecule has 1 aliphatic heterocycles. The summed E-state index contributed by atoms with van der Waals surface area (Å²) in [5.41, 5.74) is 2.26. The highest BCUT2D eigenvalue weighted by Crippen LogP contribution is 2.27. The van der Waals surface area contributed by atoms with Gasteiger partial charge in [-0.2, -0.15) is 11.3 Å². The zero-order valence-corrected chi connectivity index (χ0v) is 10.8. The minimum absolute atomic E-state index is 0.000185. The number of ether oxygens (including phenoxy) is 1. The Labute approximate surface area is 110 Å². The molecule has 0 saturated heterocycles. The zero-order valence-electron chi connectivity index (χ0n) is 9.96. The van der Waals surface area contributed by atoms with Crippen LogP contribution < -0.4 is 4.74 Å². The van der Waals surface area contributed by atoms with E-state index >= 15 is 0 Å². The molecule has 0 aliphatic carbocycles. The summed E-state index contributed by atoms with van der Waals surface area (Å²) in [6, 6.07) is 9.98. The van der Waals surface area contributed by atoms with Gasteiger partial charge < -0.3 is 4.74 Å². The van der Waals surface area contributed by atoms with E-state index < -0.39 is 0 Å². The zero-order chi connectivity index (χ0) is 12.4. The second kappa shape index (κ2) is 4.94. The van der Waals surface area contributed by atoms with Crippen LogP contribution in [0.3, 0.4) is 0 Å². The first-order chi connectivity index (χ1) is 8.83. The van der Waals surface area contributed by atoms with Gasteiger partial charge in [0, 0.05) is 6.42 Å². The van der Waals surface area contributed by atoms with E-state index in [1.165, 1.54) is 0 Å². The molecule has 0 saturated carbocycles. The van der Waals surface area contributed by atoms with Crippen molar-refractivity contribution in [1.29, 1.82) is 0 Å². The summed E-state index contributed by atoms with van der Waals surface area (Å²) < 4.78 is 5.66. The number of fused-ring (bicyclic) bond motifs is 1. The lowest BCUT2D eigenvalue weighted by Gasteiger charge is -2.24. The maximum Gasteiger partial charge on any atom is 0.144 e. The molecule has 2 heterocycles. The number of Topliss-reactive ketones (excluding diaryl/α,β-unsaturated/α-hetero) is 1. The Balaban J connectivity index is 1.70. The van der Waals surface area contributed by atoms with Gasteiger partial charge in [0.15, 0.2) is 0 Å². The van der Waals surface area contributed by atoms with Crippen LogP contribution in [0, 0.1) is 5.92 Å². The lowest BCUT2D eigenvalue weighted by atomic mass is 9.91. The summed E-state index contributed by atoms with van der Waals surface area (Å²) in [7, 11) is 0. The number of thiophene rings is 1. The fourth-order valence-corrected chi connectivity index (χ4v) is 2.94. The molecule has 0 radical (unpaired) electrons. The second-order valence-corrected chi connectivity index (χ2v) is 5.37. The van der Waals surface area contributed by atoms with Crippen LogP contribution in [0.1, 0.15) is 11.1 Å². The Morgan fingerprint density at radius 3 is 3.06 bits per heavy atom. The predicted octanol–water partition coefficient (Wildman–Crippen LogP) is 3.11. The molecule has 92 valence electrons. The molecule has 2 nitrogen and oxygen atoms in total. The molecule has 3 heteroatoms. The summed E-state index contributed by atoms with van der Waals surface area (Å²) in [6.45, 7) is 0.514. The van der Waals surface area contributed by atoms with Crippen molar-refractivity contribution in [3.63, 3.8) is 0 Å². The van der Waals surface area contributed by atoms with Gasteiger partial charge in [-0.25, -0.2) is 0 Å². The Bertz CT molecular complexity index is 545. The first kappa shape index (κ1) is 11.5. The van der Waals surface area contributed by atoms with Gasteiger partial charge in [-0.1, -0.05) is 18.2 Å². The topological polar surface area (TPSA) is 26.3 Å². The summed E-state index contributed by atoms with van der Waals surface area (Å²) >= 11 is 1.63. The number of carbonyl (C=O) groups is 1. The van der Waals surface area contributed by atoms with E-state index in [4.69, 9.17) is 4.74 Å². The van der Waals surface area contributed by atoms with Gasteiger partial charge in [0.2, 0.25) is 0 Å². The van der Waals surface area contributed by atoms with Crippen LogP contribution >= 0.6 is 11.3 Å². The van der Waals surface area contributed by atoms with E-state index in [2.05, 4.69) is 0 Å². The highest BCUT2D eigenvalue weighted by Gasteiger charge is 2.25.